The van der Waals surface area contributed by atoms with E-state index in [9.17, 15) is 15.0 Å². The lowest BCUT2D eigenvalue weighted by molar-refractivity contribution is -0.144. The minimum Gasteiger partial charge on any atom is -0.392 e. The first-order chi connectivity index (χ1) is 5.87. The fourth-order valence-corrected chi connectivity index (χ4v) is 1.33. The minimum absolute atomic E-state index is 0.715. The van der Waals surface area contributed by atoms with Crippen LogP contribution in [0.5, 0.6) is 0 Å². The molecule has 0 aliphatic heterocycles. The number of carbonyl (C=O) groups is 1. The third kappa shape index (κ3) is 2.73. The number of Topliss-reactive ketones (excluding diaryl/α,β-unsaturated/α-hetero) is 1. The standard InChI is InChI=1S/C8H17NO4/c1-5(11)7(9-3)8(2,13)6(12)4-10/h5,7,9-11,13H,4H2,1-3H3/t5-,7-,8-/m1/s1. The summed E-state index contributed by atoms with van der Waals surface area (Å²) in [7, 11) is 1.52. The molecular formula is C8H17NO4. The number of rotatable bonds is 5. The summed E-state index contributed by atoms with van der Waals surface area (Å²) in [6.45, 7) is 1.98. The summed E-state index contributed by atoms with van der Waals surface area (Å²) in [5, 5.41) is 30.1. The van der Waals surface area contributed by atoms with Gasteiger partial charge in [0, 0.05) is 0 Å². The molecule has 0 amide bonds. The summed E-state index contributed by atoms with van der Waals surface area (Å²) in [6.07, 6.45) is -0.879. The molecule has 0 aliphatic rings. The van der Waals surface area contributed by atoms with Crippen molar-refractivity contribution >= 4 is 5.78 Å². The summed E-state index contributed by atoms with van der Waals surface area (Å²) in [4.78, 5) is 11.1. The number of aliphatic hydroxyl groups is 3. The number of hydrogen-bond donors (Lipinski definition) is 4. The highest BCUT2D eigenvalue weighted by atomic mass is 16.3. The van der Waals surface area contributed by atoms with Crippen LogP contribution in [0.1, 0.15) is 13.8 Å². The van der Waals surface area contributed by atoms with Gasteiger partial charge in [-0.25, -0.2) is 0 Å². The monoisotopic (exact) mass is 191 g/mol. The van der Waals surface area contributed by atoms with Gasteiger partial charge in [0.05, 0.1) is 12.1 Å². The lowest BCUT2D eigenvalue weighted by Crippen LogP contribution is -2.58. The van der Waals surface area contributed by atoms with Gasteiger partial charge in [0.1, 0.15) is 12.2 Å². The molecule has 0 spiro atoms. The van der Waals surface area contributed by atoms with E-state index < -0.39 is 30.1 Å². The highest BCUT2D eigenvalue weighted by Crippen LogP contribution is 2.14. The van der Waals surface area contributed by atoms with Gasteiger partial charge in [-0.1, -0.05) is 0 Å². The molecule has 0 heterocycles. The number of nitrogens with one attached hydrogen (secondary N) is 1. The lowest BCUT2D eigenvalue weighted by Gasteiger charge is -2.32. The Labute approximate surface area is 77.4 Å². The summed E-state index contributed by atoms with van der Waals surface area (Å²) < 4.78 is 0. The molecule has 5 heteroatoms. The van der Waals surface area contributed by atoms with Crippen LogP contribution in [-0.2, 0) is 4.79 Å². The molecule has 0 aromatic heterocycles. The van der Waals surface area contributed by atoms with Gasteiger partial charge >= 0.3 is 0 Å². The average Bonchev–Trinajstić information content (AvgIpc) is 2.02. The van der Waals surface area contributed by atoms with Crippen molar-refractivity contribution in [3.05, 3.63) is 0 Å². The van der Waals surface area contributed by atoms with Gasteiger partial charge in [-0.15, -0.1) is 0 Å². The first-order valence-corrected chi connectivity index (χ1v) is 4.09. The van der Waals surface area contributed by atoms with E-state index in [0.717, 1.165) is 0 Å². The van der Waals surface area contributed by atoms with Gasteiger partial charge in [-0.3, -0.25) is 4.79 Å². The van der Waals surface area contributed by atoms with E-state index in [2.05, 4.69) is 5.32 Å². The predicted octanol–water partition coefficient (Wildman–Crippen LogP) is -1.73. The highest BCUT2D eigenvalue weighted by molar-refractivity contribution is 5.88. The van der Waals surface area contributed by atoms with Crippen LogP contribution in [-0.4, -0.2) is 52.5 Å². The van der Waals surface area contributed by atoms with Crippen molar-refractivity contribution < 1.29 is 20.1 Å². The Kier molecular flexibility index (Phi) is 4.49. The zero-order chi connectivity index (χ0) is 10.6. The topological polar surface area (TPSA) is 89.8 Å². The molecule has 0 unspecified atom stereocenters. The van der Waals surface area contributed by atoms with Crippen LogP contribution in [0.4, 0.5) is 0 Å². The van der Waals surface area contributed by atoms with Gasteiger partial charge in [0.25, 0.3) is 0 Å². The summed E-state index contributed by atoms with van der Waals surface area (Å²) in [6, 6.07) is -0.785. The normalized spacial score (nSPS) is 20.5. The van der Waals surface area contributed by atoms with Crippen molar-refractivity contribution in [1.29, 1.82) is 0 Å². The van der Waals surface area contributed by atoms with Crippen LogP contribution in [0, 0.1) is 0 Å². The van der Waals surface area contributed by atoms with E-state index >= 15 is 0 Å². The van der Waals surface area contributed by atoms with Gasteiger partial charge < -0.3 is 20.6 Å². The summed E-state index contributed by atoms with van der Waals surface area (Å²) >= 11 is 0. The number of likely N-dealkylation sites (N-methyl/N-ethyl adjacent to an activating group) is 1. The van der Waals surface area contributed by atoms with Gasteiger partial charge in [-0.2, -0.15) is 0 Å². The Morgan fingerprint density at radius 2 is 2.08 bits per heavy atom. The number of ketones is 1. The van der Waals surface area contributed by atoms with E-state index in [-0.39, 0.29) is 0 Å². The summed E-state index contributed by atoms with van der Waals surface area (Å²) in [5.74, 6) is -0.715. The second-order valence-electron chi connectivity index (χ2n) is 3.24. The number of carbonyl (C=O) groups excluding carboxylic acids is 1. The molecule has 5 nitrogen and oxygen atoms in total. The van der Waals surface area contributed by atoms with Crippen LogP contribution in [0.15, 0.2) is 0 Å². The Hall–Kier alpha value is -0.490. The van der Waals surface area contributed by atoms with Crippen LogP contribution < -0.4 is 5.32 Å². The van der Waals surface area contributed by atoms with Crippen LogP contribution >= 0.6 is 0 Å². The van der Waals surface area contributed by atoms with E-state index in [1.807, 2.05) is 0 Å². The number of hydrogen-bond acceptors (Lipinski definition) is 5. The quantitative estimate of drug-likeness (QED) is 0.414. The molecule has 4 N–H and O–H groups in total. The molecule has 13 heavy (non-hydrogen) atoms. The number of aliphatic hydroxyl groups excluding tert-OH is 2. The molecule has 0 aliphatic carbocycles. The van der Waals surface area contributed by atoms with Crippen LogP contribution in [0.3, 0.4) is 0 Å². The van der Waals surface area contributed by atoms with Gasteiger partial charge in [-0.05, 0) is 20.9 Å². The first-order valence-electron chi connectivity index (χ1n) is 4.09. The predicted molar refractivity (Wildman–Crippen MR) is 47.2 cm³/mol. The van der Waals surface area contributed by atoms with Crippen LogP contribution in [0.25, 0.3) is 0 Å². The fraction of sp³-hybridized carbons (Fsp3) is 0.875. The maximum absolute atomic E-state index is 11.1. The van der Waals surface area contributed by atoms with Crippen molar-refractivity contribution in [3.8, 4) is 0 Å². The maximum Gasteiger partial charge on any atom is 0.190 e. The maximum atomic E-state index is 11.1. The van der Waals surface area contributed by atoms with Crippen LogP contribution in [0.2, 0.25) is 0 Å². The van der Waals surface area contributed by atoms with Crippen molar-refractivity contribution in [2.24, 2.45) is 0 Å². The van der Waals surface area contributed by atoms with E-state index in [1.165, 1.54) is 20.9 Å². The smallest absolute Gasteiger partial charge is 0.190 e. The fourth-order valence-electron chi connectivity index (χ4n) is 1.33. The molecule has 0 saturated heterocycles. The Morgan fingerprint density at radius 1 is 1.62 bits per heavy atom. The third-order valence-corrected chi connectivity index (χ3v) is 2.11. The largest absolute Gasteiger partial charge is 0.392 e. The Balaban J connectivity index is 4.66. The zero-order valence-electron chi connectivity index (χ0n) is 8.11. The molecular weight excluding hydrogens is 174 g/mol. The molecule has 0 saturated carbocycles. The molecule has 0 fully saturated rings. The lowest BCUT2D eigenvalue weighted by atomic mass is 9.88. The zero-order valence-corrected chi connectivity index (χ0v) is 8.11. The van der Waals surface area contributed by atoms with Crippen molar-refractivity contribution in [2.75, 3.05) is 13.7 Å². The highest BCUT2D eigenvalue weighted by Gasteiger charge is 2.40. The van der Waals surface area contributed by atoms with E-state index in [1.54, 1.807) is 0 Å². The van der Waals surface area contributed by atoms with E-state index in [0.29, 0.717) is 0 Å². The first kappa shape index (κ1) is 12.5. The third-order valence-electron chi connectivity index (χ3n) is 2.11. The van der Waals surface area contributed by atoms with Crippen molar-refractivity contribution in [3.63, 3.8) is 0 Å². The minimum atomic E-state index is -1.75. The SMILES string of the molecule is CN[C@H]([C@@H](C)O)[C@](C)(O)C(=O)CO. The molecule has 0 rings (SSSR count). The Bertz CT molecular complexity index is 179. The van der Waals surface area contributed by atoms with Crippen molar-refractivity contribution in [2.45, 2.75) is 31.6 Å². The second kappa shape index (κ2) is 4.66. The molecule has 0 radical (unpaired) electrons. The van der Waals surface area contributed by atoms with Gasteiger partial charge in [0.2, 0.25) is 0 Å². The van der Waals surface area contributed by atoms with Crippen molar-refractivity contribution in [1.82, 2.24) is 5.32 Å². The Morgan fingerprint density at radius 3 is 2.31 bits per heavy atom. The van der Waals surface area contributed by atoms with E-state index in [4.69, 9.17) is 5.11 Å². The molecule has 3 atom stereocenters. The van der Waals surface area contributed by atoms with Gasteiger partial charge in [0.15, 0.2) is 5.78 Å². The average molecular weight is 191 g/mol. The molecule has 0 aromatic rings. The molecule has 0 bridgehead atoms. The molecule has 0 aromatic carbocycles. The summed E-state index contributed by atoms with van der Waals surface area (Å²) in [5.41, 5.74) is -1.75. The molecule has 78 valence electrons. The second-order valence-corrected chi connectivity index (χ2v) is 3.24.